The van der Waals surface area contributed by atoms with Crippen LogP contribution in [0.2, 0.25) is 5.02 Å². The lowest BCUT2D eigenvalue weighted by Gasteiger charge is -2.05. The number of fused-ring (bicyclic) bond motifs is 1. The van der Waals surface area contributed by atoms with Crippen LogP contribution in [0, 0.1) is 0 Å². The lowest BCUT2D eigenvalue weighted by Crippen LogP contribution is -2.23. The van der Waals surface area contributed by atoms with E-state index < -0.39 is 5.69 Å². The molecule has 0 amide bonds. The second-order valence-electron chi connectivity index (χ2n) is 6.91. The molecule has 0 aliphatic heterocycles. The number of ether oxygens (including phenoxy) is 1. The molecular formula is C19H16ClN7O3. The van der Waals surface area contributed by atoms with Crippen LogP contribution in [0.3, 0.4) is 0 Å². The molecule has 3 heterocycles. The Morgan fingerprint density at radius 3 is 2.93 bits per heavy atom. The first-order valence-electron chi connectivity index (χ1n) is 9.25. The number of nitrogens with one attached hydrogen (secondary N) is 2. The second kappa shape index (κ2) is 7.30. The molecule has 3 aromatic heterocycles. The zero-order valence-electron chi connectivity index (χ0n) is 15.5. The Hall–Kier alpha value is -3.66. The van der Waals surface area contributed by atoms with E-state index in [0.29, 0.717) is 21.5 Å². The molecule has 0 radical (unpaired) electrons. The summed E-state index contributed by atoms with van der Waals surface area (Å²) >= 11 is 6.03. The number of aromatic amines is 2. The number of halogens is 1. The zero-order valence-corrected chi connectivity index (χ0v) is 16.3. The minimum atomic E-state index is -0.514. The molecule has 0 bridgehead atoms. The minimum absolute atomic E-state index is 0.142. The number of hydrogen-bond acceptors (Lipinski definition) is 7. The molecule has 0 spiro atoms. The number of nitrogens with zero attached hydrogens (tertiary/aromatic N) is 5. The molecule has 10 nitrogen and oxygen atoms in total. The summed E-state index contributed by atoms with van der Waals surface area (Å²) in [5.41, 5.74) is 1.40. The maximum absolute atomic E-state index is 11.4. The van der Waals surface area contributed by atoms with E-state index >= 15 is 0 Å². The molecule has 30 heavy (non-hydrogen) atoms. The number of imidazole rings is 1. The molecule has 152 valence electrons. The van der Waals surface area contributed by atoms with Crippen LogP contribution < -0.4 is 21.3 Å². The minimum Gasteiger partial charge on any atom is -0.493 e. The van der Waals surface area contributed by atoms with E-state index in [0.717, 1.165) is 18.4 Å². The van der Waals surface area contributed by atoms with Crippen LogP contribution in [0.15, 0.2) is 40.2 Å². The van der Waals surface area contributed by atoms with E-state index in [-0.39, 0.29) is 30.2 Å². The molecule has 1 fully saturated rings. The van der Waals surface area contributed by atoms with E-state index in [1.165, 1.54) is 4.52 Å². The van der Waals surface area contributed by atoms with E-state index in [2.05, 4.69) is 30.0 Å². The van der Waals surface area contributed by atoms with Crippen molar-refractivity contribution in [3.63, 3.8) is 0 Å². The van der Waals surface area contributed by atoms with Gasteiger partial charge in [-0.2, -0.15) is 19.6 Å². The third-order valence-corrected chi connectivity index (χ3v) is 4.73. The van der Waals surface area contributed by atoms with E-state index in [1.54, 1.807) is 24.4 Å². The predicted octanol–water partition coefficient (Wildman–Crippen LogP) is 0.689. The van der Waals surface area contributed by atoms with Crippen molar-refractivity contribution in [1.82, 2.24) is 29.5 Å². The van der Waals surface area contributed by atoms with Crippen molar-refractivity contribution in [2.45, 2.75) is 25.5 Å². The Labute approximate surface area is 173 Å². The monoisotopic (exact) mass is 425 g/mol. The average molecular weight is 426 g/mol. The third kappa shape index (κ3) is 3.77. The number of aromatic nitrogens is 6. The fourth-order valence-corrected chi connectivity index (χ4v) is 3.11. The van der Waals surface area contributed by atoms with Crippen LogP contribution in [0.5, 0.6) is 11.9 Å². The molecule has 1 aromatic carbocycles. The van der Waals surface area contributed by atoms with Gasteiger partial charge in [-0.15, -0.1) is 0 Å². The summed E-state index contributed by atoms with van der Waals surface area (Å²) < 4.78 is 7.30. The highest BCUT2D eigenvalue weighted by molar-refractivity contribution is 6.30. The third-order valence-electron chi connectivity index (χ3n) is 4.49. The molecule has 0 atom stereocenters. The van der Waals surface area contributed by atoms with Crippen molar-refractivity contribution in [3.8, 4) is 11.9 Å². The zero-order chi connectivity index (χ0) is 20.7. The largest absolute Gasteiger partial charge is 0.493 e. The Bertz CT molecular complexity index is 1420. The number of benzene rings is 1. The Kier molecular flexibility index (Phi) is 4.47. The lowest BCUT2D eigenvalue weighted by molar-refractivity contribution is 0.278. The molecule has 0 saturated heterocycles. The molecule has 11 heteroatoms. The van der Waals surface area contributed by atoms with Crippen LogP contribution in [0.25, 0.3) is 11.7 Å². The van der Waals surface area contributed by atoms with Crippen molar-refractivity contribution < 1.29 is 9.84 Å². The maximum Gasteiger partial charge on any atom is 0.326 e. The Morgan fingerprint density at radius 2 is 2.20 bits per heavy atom. The summed E-state index contributed by atoms with van der Waals surface area (Å²) in [5.74, 6) is -0.270. The van der Waals surface area contributed by atoms with Crippen molar-refractivity contribution in [2.24, 2.45) is 4.99 Å². The van der Waals surface area contributed by atoms with Gasteiger partial charge in [-0.25, -0.2) is 9.79 Å². The van der Waals surface area contributed by atoms with Gasteiger partial charge in [0.25, 0.3) is 5.62 Å². The van der Waals surface area contributed by atoms with Gasteiger partial charge < -0.3 is 14.8 Å². The number of H-pyrrole nitrogens is 2. The summed E-state index contributed by atoms with van der Waals surface area (Å²) in [6.07, 6.45) is 5.12. The first-order chi connectivity index (χ1) is 14.5. The highest BCUT2D eigenvalue weighted by Gasteiger charge is 2.21. The van der Waals surface area contributed by atoms with Crippen LogP contribution in [0.1, 0.15) is 24.1 Å². The Morgan fingerprint density at radius 1 is 1.33 bits per heavy atom. The number of aromatic hydroxyl groups is 1. The van der Waals surface area contributed by atoms with Gasteiger partial charge >= 0.3 is 11.7 Å². The average Bonchev–Trinajstić information content (AvgIpc) is 3.35. The summed E-state index contributed by atoms with van der Waals surface area (Å²) in [5, 5.41) is 15.3. The van der Waals surface area contributed by atoms with Gasteiger partial charge in [-0.1, -0.05) is 23.7 Å². The molecule has 4 aromatic rings. The van der Waals surface area contributed by atoms with E-state index in [9.17, 15) is 9.90 Å². The van der Waals surface area contributed by atoms with Gasteiger partial charge in [-0.3, -0.25) is 4.98 Å². The van der Waals surface area contributed by atoms with E-state index in [4.69, 9.17) is 16.3 Å². The standard InChI is InChI=1S/C19H16ClN7O3/c20-12-3-1-2-10(6-12)9-30-19-24-15-11(7-14-16(28)25-18(29)23-14)8-21-27(15)17(26-19)22-13-4-5-13/h1-3,6-8,13,28H,4-5,9H2,(H2,23,25,29)/b11-7+,22-17?. The van der Waals surface area contributed by atoms with Gasteiger partial charge in [-0.05, 0) is 36.6 Å². The van der Waals surface area contributed by atoms with Crippen molar-refractivity contribution >= 4 is 23.3 Å². The molecule has 0 unspecified atom stereocenters. The predicted molar refractivity (Wildman–Crippen MR) is 107 cm³/mol. The molecule has 3 N–H and O–H groups in total. The normalized spacial score (nSPS) is 15.2. The lowest BCUT2D eigenvalue weighted by atomic mass is 10.2. The smallest absolute Gasteiger partial charge is 0.326 e. The van der Waals surface area contributed by atoms with Crippen molar-refractivity contribution in [2.75, 3.05) is 0 Å². The first kappa shape index (κ1) is 18.4. The molecule has 1 saturated carbocycles. The fraction of sp³-hybridized carbons (Fsp3) is 0.211. The van der Waals surface area contributed by atoms with Crippen LogP contribution >= 0.6 is 11.6 Å². The molecular weight excluding hydrogens is 410 g/mol. The van der Waals surface area contributed by atoms with Crippen LogP contribution in [-0.2, 0) is 6.61 Å². The van der Waals surface area contributed by atoms with Crippen LogP contribution in [-0.4, -0.2) is 40.7 Å². The summed E-state index contributed by atoms with van der Waals surface area (Å²) in [4.78, 5) is 29.6. The van der Waals surface area contributed by atoms with Gasteiger partial charge in [0, 0.05) is 10.2 Å². The van der Waals surface area contributed by atoms with Gasteiger partial charge in [0.15, 0.2) is 5.65 Å². The number of rotatable bonds is 5. The van der Waals surface area contributed by atoms with Gasteiger partial charge in [0.2, 0.25) is 5.88 Å². The second-order valence-corrected chi connectivity index (χ2v) is 7.34. The van der Waals surface area contributed by atoms with E-state index in [1.807, 2.05) is 12.1 Å². The van der Waals surface area contributed by atoms with Crippen molar-refractivity contribution in [1.29, 1.82) is 0 Å². The number of hydrogen-bond donors (Lipinski definition) is 3. The summed E-state index contributed by atoms with van der Waals surface area (Å²) in [6.45, 7) is 0.235. The molecule has 1 aliphatic rings. The summed E-state index contributed by atoms with van der Waals surface area (Å²) in [6, 6.07) is 7.68. The van der Waals surface area contributed by atoms with Crippen LogP contribution in [0.4, 0.5) is 0 Å². The Balaban J connectivity index is 1.59. The molecule has 1 aliphatic carbocycles. The summed E-state index contributed by atoms with van der Waals surface area (Å²) in [7, 11) is 0. The maximum atomic E-state index is 11.4. The quantitative estimate of drug-likeness (QED) is 0.430. The SMILES string of the molecule is O=c1[nH]c(O)c(/C=c2\cnn3c(=NC4CC4)nc(OCc4cccc(Cl)c4)nc23)[nH]1. The van der Waals surface area contributed by atoms with Gasteiger partial charge in [0.05, 0.1) is 12.2 Å². The highest BCUT2D eigenvalue weighted by atomic mass is 35.5. The van der Waals surface area contributed by atoms with Gasteiger partial charge in [0.1, 0.15) is 12.3 Å². The first-order valence-corrected chi connectivity index (χ1v) is 9.63. The fourth-order valence-electron chi connectivity index (χ4n) is 2.90. The topological polar surface area (TPSA) is 134 Å². The molecule has 5 rings (SSSR count). The highest BCUT2D eigenvalue weighted by Crippen LogP contribution is 2.22. The van der Waals surface area contributed by atoms with Crippen molar-refractivity contribution in [3.05, 3.63) is 68.1 Å².